The Balaban J connectivity index is 1.53. The summed E-state index contributed by atoms with van der Waals surface area (Å²) in [5.74, 6) is 3.28. The monoisotopic (exact) mass is 362 g/mol. The first-order valence-corrected chi connectivity index (χ1v) is 10.2. The molecule has 0 N–H and O–H groups in total. The van der Waals surface area contributed by atoms with Crippen LogP contribution in [0.25, 0.3) is 0 Å². The average molecular weight is 363 g/mol. The number of aromatic nitrogens is 5. The number of hydrogen-bond acceptors (Lipinski definition) is 7. The number of anilines is 1. The highest BCUT2D eigenvalue weighted by atomic mass is 32.2. The highest BCUT2D eigenvalue weighted by Crippen LogP contribution is 2.44. The van der Waals surface area contributed by atoms with Crippen LogP contribution in [0.1, 0.15) is 69.5 Å². The number of hydrogen-bond donors (Lipinski definition) is 0. The van der Waals surface area contributed by atoms with E-state index in [1.54, 1.807) is 11.8 Å². The molecule has 1 saturated carbocycles. The van der Waals surface area contributed by atoms with Crippen LogP contribution in [-0.4, -0.2) is 38.0 Å². The van der Waals surface area contributed by atoms with E-state index in [-0.39, 0.29) is 5.25 Å². The predicted octanol–water partition coefficient (Wildman–Crippen LogP) is 3.65. The van der Waals surface area contributed by atoms with Crippen LogP contribution >= 0.6 is 11.8 Å². The molecule has 2 aromatic rings. The topological polar surface area (TPSA) is 72.9 Å². The second-order valence-electron chi connectivity index (χ2n) is 7.22. The maximum absolute atomic E-state index is 5.39. The third-order valence-electron chi connectivity index (χ3n) is 5.06. The largest absolute Gasteiger partial charge is 0.341 e. The molecule has 0 bridgehead atoms. The molecule has 1 aliphatic carbocycles. The van der Waals surface area contributed by atoms with Crippen LogP contribution in [0.15, 0.2) is 9.68 Å². The van der Waals surface area contributed by atoms with E-state index in [1.165, 1.54) is 25.7 Å². The lowest BCUT2D eigenvalue weighted by Crippen LogP contribution is -2.34. The SMILES string of the molecule is CCc1noc(C(C)Sc2nnc(N3CCC(C)CC3)n2C2CC2)n1. The summed E-state index contributed by atoms with van der Waals surface area (Å²) in [5.41, 5.74) is 0. The van der Waals surface area contributed by atoms with Crippen molar-refractivity contribution in [2.24, 2.45) is 5.92 Å². The molecular formula is C17H26N6OS. The molecule has 0 radical (unpaired) electrons. The molecule has 25 heavy (non-hydrogen) atoms. The summed E-state index contributed by atoms with van der Waals surface area (Å²) in [6.07, 6.45) is 5.70. The van der Waals surface area contributed by atoms with Gasteiger partial charge in [0, 0.05) is 25.6 Å². The summed E-state index contributed by atoms with van der Waals surface area (Å²) >= 11 is 1.67. The molecule has 3 heterocycles. The third-order valence-corrected chi connectivity index (χ3v) is 6.10. The highest BCUT2D eigenvalue weighted by Gasteiger charge is 2.33. The zero-order valence-electron chi connectivity index (χ0n) is 15.2. The molecule has 8 heteroatoms. The van der Waals surface area contributed by atoms with Crippen molar-refractivity contribution in [3.05, 3.63) is 11.7 Å². The molecule has 1 atom stereocenters. The molecule has 1 unspecified atom stereocenters. The van der Waals surface area contributed by atoms with Gasteiger partial charge in [0.1, 0.15) is 0 Å². The Morgan fingerprint density at radius 3 is 2.60 bits per heavy atom. The minimum Gasteiger partial charge on any atom is -0.341 e. The first-order valence-electron chi connectivity index (χ1n) is 9.34. The van der Waals surface area contributed by atoms with Crippen LogP contribution < -0.4 is 4.90 Å². The van der Waals surface area contributed by atoms with Crippen LogP contribution in [0.2, 0.25) is 0 Å². The van der Waals surface area contributed by atoms with Gasteiger partial charge in [0.15, 0.2) is 11.0 Å². The Kier molecular flexibility index (Phi) is 4.71. The summed E-state index contributed by atoms with van der Waals surface area (Å²) in [4.78, 5) is 6.86. The van der Waals surface area contributed by atoms with Gasteiger partial charge in [-0.05, 0) is 38.5 Å². The summed E-state index contributed by atoms with van der Waals surface area (Å²) in [5, 5.41) is 14.1. The van der Waals surface area contributed by atoms with E-state index in [1.807, 2.05) is 6.92 Å². The van der Waals surface area contributed by atoms with Gasteiger partial charge in [-0.25, -0.2) is 0 Å². The Hall–Kier alpha value is -1.57. The van der Waals surface area contributed by atoms with Crippen LogP contribution in [-0.2, 0) is 6.42 Å². The normalized spacial score (nSPS) is 20.2. The minimum atomic E-state index is 0.0729. The minimum absolute atomic E-state index is 0.0729. The molecule has 2 fully saturated rings. The Morgan fingerprint density at radius 2 is 1.96 bits per heavy atom. The van der Waals surface area contributed by atoms with Gasteiger partial charge in [0.2, 0.25) is 11.8 Å². The van der Waals surface area contributed by atoms with Crippen molar-refractivity contribution >= 4 is 17.7 Å². The lowest BCUT2D eigenvalue weighted by molar-refractivity contribution is 0.375. The molecule has 2 aromatic heterocycles. The highest BCUT2D eigenvalue weighted by molar-refractivity contribution is 7.99. The number of rotatable bonds is 6. The van der Waals surface area contributed by atoms with Crippen LogP contribution in [0.3, 0.4) is 0 Å². The number of aryl methyl sites for hydroxylation is 1. The zero-order chi connectivity index (χ0) is 17.4. The van der Waals surface area contributed by atoms with Crippen LogP contribution in [0.4, 0.5) is 5.95 Å². The zero-order valence-corrected chi connectivity index (χ0v) is 16.0. The molecule has 136 valence electrons. The number of piperidine rings is 1. The van der Waals surface area contributed by atoms with Crippen molar-refractivity contribution in [2.75, 3.05) is 18.0 Å². The summed E-state index contributed by atoms with van der Waals surface area (Å²) in [6, 6.07) is 0.549. The van der Waals surface area contributed by atoms with E-state index in [9.17, 15) is 0 Å². The summed E-state index contributed by atoms with van der Waals surface area (Å²) in [6.45, 7) is 8.61. The predicted molar refractivity (Wildman–Crippen MR) is 96.9 cm³/mol. The molecule has 7 nitrogen and oxygen atoms in total. The first kappa shape index (κ1) is 16.9. The van der Waals surface area contributed by atoms with E-state index in [0.717, 1.165) is 42.4 Å². The van der Waals surface area contributed by atoms with Crippen molar-refractivity contribution in [1.29, 1.82) is 0 Å². The second-order valence-corrected chi connectivity index (χ2v) is 8.52. The molecular weight excluding hydrogens is 336 g/mol. The first-order chi connectivity index (χ1) is 12.2. The lowest BCUT2D eigenvalue weighted by Gasteiger charge is -2.31. The Bertz CT molecular complexity index is 717. The molecule has 0 amide bonds. The maximum Gasteiger partial charge on any atom is 0.239 e. The lowest BCUT2D eigenvalue weighted by atomic mass is 10.00. The van der Waals surface area contributed by atoms with Crippen molar-refractivity contribution < 1.29 is 4.52 Å². The summed E-state index contributed by atoms with van der Waals surface area (Å²) in [7, 11) is 0. The van der Waals surface area contributed by atoms with Gasteiger partial charge in [0.25, 0.3) is 0 Å². The fourth-order valence-electron chi connectivity index (χ4n) is 3.21. The molecule has 2 aliphatic rings. The van der Waals surface area contributed by atoms with Gasteiger partial charge in [-0.1, -0.05) is 30.8 Å². The molecule has 1 saturated heterocycles. The van der Waals surface area contributed by atoms with Gasteiger partial charge >= 0.3 is 0 Å². The maximum atomic E-state index is 5.39. The fraction of sp³-hybridized carbons (Fsp3) is 0.765. The molecule has 4 rings (SSSR count). The van der Waals surface area contributed by atoms with Gasteiger partial charge in [-0.2, -0.15) is 4.98 Å². The van der Waals surface area contributed by atoms with Gasteiger partial charge in [-0.3, -0.25) is 4.57 Å². The molecule has 1 aliphatic heterocycles. The number of thioether (sulfide) groups is 1. The third kappa shape index (κ3) is 3.54. The van der Waals surface area contributed by atoms with E-state index in [2.05, 4.69) is 43.7 Å². The molecule has 0 spiro atoms. The van der Waals surface area contributed by atoms with E-state index >= 15 is 0 Å². The van der Waals surface area contributed by atoms with Crippen molar-refractivity contribution in [2.45, 2.75) is 69.3 Å². The van der Waals surface area contributed by atoms with Gasteiger partial charge in [0.05, 0.1) is 5.25 Å². The van der Waals surface area contributed by atoms with Crippen LogP contribution in [0.5, 0.6) is 0 Å². The van der Waals surface area contributed by atoms with E-state index < -0.39 is 0 Å². The van der Waals surface area contributed by atoms with Crippen molar-refractivity contribution in [1.82, 2.24) is 24.9 Å². The molecule has 0 aromatic carbocycles. The summed E-state index contributed by atoms with van der Waals surface area (Å²) < 4.78 is 7.73. The Morgan fingerprint density at radius 1 is 1.20 bits per heavy atom. The van der Waals surface area contributed by atoms with Gasteiger partial charge in [-0.15, -0.1) is 10.2 Å². The Labute approximate surface area is 152 Å². The van der Waals surface area contributed by atoms with Gasteiger partial charge < -0.3 is 9.42 Å². The standard InChI is InChI=1S/C17H26N6OS/c1-4-14-18-15(24-21-14)12(3)25-17-20-19-16(23(17)13-5-6-13)22-9-7-11(2)8-10-22/h11-13H,4-10H2,1-3H3. The smallest absolute Gasteiger partial charge is 0.239 e. The van der Waals surface area contributed by atoms with Crippen LogP contribution in [0, 0.1) is 5.92 Å². The quantitative estimate of drug-likeness (QED) is 0.726. The second kappa shape index (κ2) is 6.97. The number of nitrogens with zero attached hydrogens (tertiary/aromatic N) is 6. The fourth-order valence-corrected chi connectivity index (χ4v) is 4.16. The van der Waals surface area contributed by atoms with E-state index in [4.69, 9.17) is 4.52 Å². The van der Waals surface area contributed by atoms with E-state index in [0.29, 0.717) is 11.9 Å². The average Bonchev–Trinajstić information content (AvgIpc) is 3.19. The van der Waals surface area contributed by atoms with Crippen molar-refractivity contribution in [3.63, 3.8) is 0 Å². The van der Waals surface area contributed by atoms with Crippen molar-refractivity contribution in [3.8, 4) is 0 Å².